The molecular weight excluding hydrogens is 1110 g/mol. The number of benzene rings is 4. The van der Waals surface area contributed by atoms with Crippen molar-refractivity contribution in [2.24, 2.45) is 0 Å². The van der Waals surface area contributed by atoms with Crippen LogP contribution in [0.1, 0.15) is 0 Å². The maximum atomic E-state index is 9.16. The van der Waals surface area contributed by atoms with Crippen molar-refractivity contribution in [3.63, 3.8) is 0 Å². The van der Waals surface area contributed by atoms with Crippen LogP contribution in [-0.2, 0) is 42.1 Å². The monoisotopic (exact) mass is 1150 g/mol. The van der Waals surface area contributed by atoms with Crippen LogP contribution in [0.25, 0.3) is 22.5 Å². The average molecular weight is 1150 g/mol. The minimum atomic E-state index is 0. The summed E-state index contributed by atoms with van der Waals surface area (Å²) in [5.74, 6) is 3.52. The number of pyridine rings is 2. The number of nitrogens with zero attached hydrogens (tertiary/aromatic N) is 10. The average Bonchev–Trinajstić information content (AvgIpc) is 3.81. The van der Waals surface area contributed by atoms with E-state index in [4.69, 9.17) is 10.2 Å². The van der Waals surface area contributed by atoms with Gasteiger partial charge < -0.3 is 29.8 Å². The first-order valence-corrected chi connectivity index (χ1v) is 18.2. The summed E-state index contributed by atoms with van der Waals surface area (Å²) in [6.45, 7) is 3.91. The molecule has 0 spiro atoms. The van der Waals surface area contributed by atoms with Crippen molar-refractivity contribution in [2.45, 2.75) is 0 Å². The SMILES string of the molecule is CN1[CH-]N(c2[c-]cccc2)c2nccnc21.CN1[CH-]N(c2[c-]cccc2)c2nccnc21.Oc1cccc(-c2ccccc2)n1.Oc1cccc(-c2ccccc2)n1.[Pt+2].[Pt+2]. The van der Waals surface area contributed by atoms with Crippen LogP contribution in [0.2, 0.25) is 0 Å². The zero-order chi connectivity index (χ0) is 40.1. The summed E-state index contributed by atoms with van der Waals surface area (Å²) in [4.78, 5) is 33.1. The van der Waals surface area contributed by atoms with Gasteiger partial charge in [0, 0.05) is 48.0 Å². The fourth-order valence-electron chi connectivity index (χ4n) is 5.86. The maximum Gasteiger partial charge on any atom is 2.00 e. The number of para-hydroxylation sites is 2. The van der Waals surface area contributed by atoms with Crippen molar-refractivity contribution in [3.05, 3.63) is 196 Å². The van der Waals surface area contributed by atoms with Crippen LogP contribution < -0.4 is 19.6 Å². The van der Waals surface area contributed by atoms with Gasteiger partial charge in [-0.3, -0.25) is 0 Å². The molecule has 2 aliphatic rings. The molecule has 0 amide bonds. The Balaban J connectivity index is 0.000000151. The normalized spacial score (nSPS) is 11.8. The molecule has 0 bridgehead atoms. The number of rotatable bonds is 4. The van der Waals surface area contributed by atoms with Crippen molar-refractivity contribution in [1.29, 1.82) is 0 Å². The van der Waals surface area contributed by atoms with E-state index in [1.807, 2.05) is 168 Å². The Morgan fingerprint density at radius 3 is 1.15 bits per heavy atom. The zero-order valence-corrected chi connectivity index (χ0v) is 36.9. The topological polar surface area (TPSA) is 131 Å². The summed E-state index contributed by atoms with van der Waals surface area (Å²) in [5, 5.41) is 18.3. The maximum absolute atomic E-state index is 9.16. The Hall–Kier alpha value is -6.48. The van der Waals surface area contributed by atoms with E-state index in [1.54, 1.807) is 49.1 Å². The van der Waals surface area contributed by atoms with Gasteiger partial charge in [-0.1, -0.05) is 72.8 Å². The summed E-state index contributed by atoms with van der Waals surface area (Å²) in [5.41, 5.74) is 5.54. The molecule has 0 saturated heterocycles. The standard InChI is InChI=1S/2C12H10N4.2C11H9NO.2Pt/c2*1-15-9-16(10-5-3-2-4-6-10)12-11(15)13-7-8-14-12;2*13-11-8-4-7-10(12-11)9-5-2-1-3-6-9;;/h2*2-5,7-9H,1H3;2*1-8H,(H,12,13);;/q2*-2;;;2*+2. The van der Waals surface area contributed by atoms with Gasteiger partial charge >= 0.3 is 42.1 Å². The van der Waals surface area contributed by atoms with Crippen molar-refractivity contribution in [1.82, 2.24) is 29.9 Å². The molecule has 0 fully saturated rings. The van der Waals surface area contributed by atoms with E-state index in [2.05, 4.69) is 42.0 Å². The number of anilines is 6. The second-order valence-corrected chi connectivity index (χ2v) is 12.6. The molecule has 0 radical (unpaired) electrons. The number of hydrogen-bond acceptors (Lipinski definition) is 12. The van der Waals surface area contributed by atoms with Crippen molar-refractivity contribution < 1.29 is 52.3 Å². The molecule has 2 aliphatic heterocycles. The molecule has 4 aromatic heterocycles. The summed E-state index contributed by atoms with van der Waals surface area (Å²) < 4.78 is 0. The second-order valence-electron chi connectivity index (χ2n) is 12.6. The molecule has 0 atom stereocenters. The van der Waals surface area contributed by atoms with Crippen molar-refractivity contribution in [3.8, 4) is 34.3 Å². The van der Waals surface area contributed by atoms with E-state index in [9.17, 15) is 0 Å². The van der Waals surface area contributed by atoms with E-state index in [1.165, 1.54) is 0 Å². The molecule has 4 aromatic carbocycles. The predicted molar refractivity (Wildman–Crippen MR) is 227 cm³/mol. The van der Waals surface area contributed by atoms with Gasteiger partial charge in [-0.05, 0) is 26.2 Å². The third-order valence-corrected chi connectivity index (χ3v) is 8.53. The van der Waals surface area contributed by atoms with Crippen LogP contribution in [0, 0.1) is 25.5 Å². The van der Waals surface area contributed by atoms with E-state index in [0.717, 1.165) is 57.2 Å². The first-order valence-electron chi connectivity index (χ1n) is 18.2. The van der Waals surface area contributed by atoms with Gasteiger partial charge in [0.2, 0.25) is 11.8 Å². The molecule has 8 aromatic rings. The Labute approximate surface area is 378 Å². The Kier molecular flexibility index (Phi) is 16.4. The Bertz CT molecular complexity index is 2330. The van der Waals surface area contributed by atoms with Gasteiger partial charge in [0.15, 0.2) is 0 Å². The predicted octanol–water partition coefficient (Wildman–Crippen LogP) is 8.87. The molecule has 2 N–H and O–H groups in total. The third kappa shape index (κ3) is 11.4. The zero-order valence-electron chi connectivity index (χ0n) is 32.3. The minimum Gasteiger partial charge on any atom is -0.493 e. The molecule has 0 unspecified atom stereocenters. The van der Waals surface area contributed by atoms with Gasteiger partial charge in [-0.2, -0.15) is 60.7 Å². The fourth-order valence-corrected chi connectivity index (χ4v) is 5.86. The van der Waals surface area contributed by atoms with Gasteiger partial charge in [-0.15, -0.1) is 24.7 Å². The van der Waals surface area contributed by atoms with Gasteiger partial charge in [0.05, 0.1) is 11.4 Å². The van der Waals surface area contributed by atoms with E-state index < -0.39 is 0 Å². The van der Waals surface area contributed by atoms with Crippen molar-refractivity contribution >= 4 is 34.6 Å². The largest absolute Gasteiger partial charge is 2.00 e. The van der Waals surface area contributed by atoms with E-state index in [-0.39, 0.29) is 53.9 Å². The molecule has 6 heterocycles. The Morgan fingerprint density at radius 1 is 0.433 bits per heavy atom. The van der Waals surface area contributed by atoms with Crippen LogP contribution >= 0.6 is 0 Å². The molecule has 304 valence electrons. The van der Waals surface area contributed by atoms with E-state index >= 15 is 0 Å². The molecule has 10 rings (SSSR count). The molecule has 0 aliphatic carbocycles. The molecule has 12 nitrogen and oxygen atoms in total. The molecule has 60 heavy (non-hydrogen) atoms. The molecular formula is C46H38N10O2Pt2. The second kappa shape index (κ2) is 22.0. The summed E-state index contributed by atoms with van der Waals surface area (Å²) in [7, 11) is 3.91. The third-order valence-electron chi connectivity index (χ3n) is 8.53. The summed E-state index contributed by atoms with van der Waals surface area (Å²) >= 11 is 0. The van der Waals surface area contributed by atoms with E-state index in [0.29, 0.717) is 0 Å². The van der Waals surface area contributed by atoms with Crippen molar-refractivity contribution in [2.75, 3.05) is 33.7 Å². The molecule has 0 saturated carbocycles. The number of aromatic nitrogens is 6. The molecule has 14 heteroatoms. The minimum absolute atomic E-state index is 0. The van der Waals surface area contributed by atoms with Crippen LogP contribution in [-0.4, -0.2) is 54.2 Å². The number of fused-ring (bicyclic) bond motifs is 2. The quantitative estimate of drug-likeness (QED) is 0.163. The van der Waals surface area contributed by atoms with Gasteiger partial charge in [-0.25, -0.2) is 29.9 Å². The number of aromatic hydroxyl groups is 2. The first-order chi connectivity index (χ1) is 28.4. The van der Waals surface area contributed by atoms with Crippen LogP contribution in [0.15, 0.2) is 170 Å². The van der Waals surface area contributed by atoms with Crippen LogP contribution in [0.4, 0.5) is 34.6 Å². The first kappa shape index (κ1) is 44.6. The number of hydrogen-bond donors (Lipinski definition) is 2. The van der Waals surface area contributed by atoms with Crippen LogP contribution in [0.5, 0.6) is 11.8 Å². The van der Waals surface area contributed by atoms with Gasteiger partial charge in [0.25, 0.3) is 0 Å². The fraction of sp³-hybridized carbons (Fsp3) is 0.0435. The Morgan fingerprint density at radius 2 is 0.800 bits per heavy atom. The van der Waals surface area contributed by atoms with Crippen LogP contribution in [0.3, 0.4) is 0 Å². The smallest absolute Gasteiger partial charge is 0.493 e. The van der Waals surface area contributed by atoms with Gasteiger partial charge in [0.1, 0.15) is 23.3 Å². The summed E-state index contributed by atoms with van der Waals surface area (Å²) in [6.07, 6.45) is 6.78. The summed E-state index contributed by atoms with van der Waals surface area (Å²) in [6, 6.07) is 51.9.